The summed E-state index contributed by atoms with van der Waals surface area (Å²) in [4.78, 5) is 25.2. The molecule has 0 atom stereocenters. The Hall–Kier alpha value is -3.61. The number of rotatable bonds is 8. The number of nitrogens with zero attached hydrogens (tertiary/aromatic N) is 2. The van der Waals surface area contributed by atoms with Gasteiger partial charge in [-0.05, 0) is 55.0 Å². The summed E-state index contributed by atoms with van der Waals surface area (Å²) in [5.41, 5.74) is 9.74. The number of aromatic nitrogens is 2. The molecule has 0 spiro atoms. The fourth-order valence-corrected chi connectivity index (χ4v) is 3.50. The van der Waals surface area contributed by atoms with Gasteiger partial charge in [0.05, 0.1) is 19.0 Å². The van der Waals surface area contributed by atoms with E-state index in [1.807, 2.05) is 43.3 Å². The number of Topliss-reactive ketones (excluding diaryl/α,β-unsaturated/α-hetero) is 1. The Morgan fingerprint density at radius 1 is 1.23 bits per heavy atom. The molecule has 1 aliphatic carbocycles. The number of aryl methyl sites for hydroxylation is 1. The molecule has 3 N–H and O–H groups in total. The zero-order valence-corrected chi connectivity index (χ0v) is 17.7. The van der Waals surface area contributed by atoms with Crippen LogP contribution in [0.4, 0.5) is 5.82 Å². The van der Waals surface area contributed by atoms with Gasteiger partial charge in [-0.15, -0.1) is 0 Å². The highest BCUT2D eigenvalue weighted by atomic mass is 16.5. The van der Waals surface area contributed by atoms with Gasteiger partial charge in [0.2, 0.25) is 0 Å². The molecule has 7 nitrogen and oxygen atoms in total. The van der Waals surface area contributed by atoms with Crippen LogP contribution >= 0.6 is 0 Å². The molecule has 1 saturated carbocycles. The standard InChI is InChI=1S/C24H26N4O3/c1-15-6-9-18(22(29)11-16-7-8-16)12-21(15)28-23(25)20(14-27-28)24(30)26-13-17-4-3-5-19(10-17)31-2/h3-6,9-10,12,14,16H,7-8,11,13,25H2,1-2H3,(H,26,30). The van der Waals surface area contributed by atoms with E-state index in [-0.39, 0.29) is 23.1 Å². The first-order valence-electron chi connectivity index (χ1n) is 10.3. The number of hydrogen-bond acceptors (Lipinski definition) is 5. The Kier molecular flexibility index (Phi) is 5.75. The maximum absolute atomic E-state index is 12.7. The average molecular weight is 418 g/mol. The number of benzene rings is 2. The Morgan fingerprint density at radius 3 is 2.77 bits per heavy atom. The lowest BCUT2D eigenvalue weighted by Gasteiger charge is -2.11. The van der Waals surface area contributed by atoms with Gasteiger partial charge in [0.1, 0.15) is 17.1 Å². The molecule has 2 aromatic carbocycles. The van der Waals surface area contributed by atoms with Crippen LogP contribution in [-0.4, -0.2) is 28.6 Å². The topological polar surface area (TPSA) is 99.2 Å². The molecule has 0 aliphatic heterocycles. The number of nitrogen functional groups attached to an aromatic ring is 1. The summed E-state index contributed by atoms with van der Waals surface area (Å²) in [6.45, 7) is 2.26. The molecule has 1 amide bonds. The van der Waals surface area contributed by atoms with Gasteiger partial charge >= 0.3 is 0 Å². The average Bonchev–Trinajstić information content (AvgIpc) is 3.51. The summed E-state index contributed by atoms with van der Waals surface area (Å²) >= 11 is 0. The lowest BCUT2D eigenvalue weighted by molar-refractivity contribution is 0.0949. The van der Waals surface area contributed by atoms with Crippen LogP contribution in [0.2, 0.25) is 0 Å². The monoisotopic (exact) mass is 418 g/mol. The van der Waals surface area contributed by atoms with E-state index in [0.717, 1.165) is 29.7 Å². The minimum Gasteiger partial charge on any atom is -0.497 e. The normalized spacial score (nSPS) is 13.1. The number of carbonyl (C=O) groups is 2. The van der Waals surface area contributed by atoms with E-state index in [0.29, 0.717) is 30.1 Å². The SMILES string of the molecule is COc1cccc(CNC(=O)c2cnn(-c3cc(C(=O)CC4CC4)ccc3C)c2N)c1. The van der Waals surface area contributed by atoms with Crippen molar-refractivity contribution in [3.05, 3.63) is 70.9 Å². The molecule has 4 rings (SSSR count). The fourth-order valence-electron chi connectivity index (χ4n) is 3.50. The van der Waals surface area contributed by atoms with Crippen molar-refractivity contribution in [1.29, 1.82) is 0 Å². The van der Waals surface area contributed by atoms with Crippen LogP contribution in [0.3, 0.4) is 0 Å². The van der Waals surface area contributed by atoms with E-state index in [1.54, 1.807) is 13.2 Å². The first-order chi connectivity index (χ1) is 15.0. The van der Waals surface area contributed by atoms with Crippen molar-refractivity contribution in [3.63, 3.8) is 0 Å². The highest BCUT2D eigenvalue weighted by Crippen LogP contribution is 2.34. The number of anilines is 1. The molecular formula is C24H26N4O3. The number of ketones is 1. The zero-order chi connectivity index (χ0) is 22.0. The second-order valence-corrected chi connectivity index (χ2v) is 7.96. The van der Waals surface area contributed by atoms with Gasteiger partial charge in [0.15, 0.2) is 5.78 Å². The van der Waals surface area contributed by atoms with Gasteiger partial charge in [-0.3, -0.25) is 9.59 Å². The van der Waals surface area contributed by atoms with Crippen LogP contribution in [0.25, 0.3) is 5.69 Å². The number of hydrogen-bond donors (Lipinski definition) is 2. The van der Waals surface area contributed by atoms with Crippen molar-refractivity contribution >= 4 is 17.5 Å². The van der Waals surface area contributed by atoms with E-state index in [4.69, 9.17) is 10.5 Å². The van der Waals surface area contributed by atoms with Gasteiger partial charge in [-0.2, -0.15) is 5.10 Å². The summed E-state index contributed by atoms with van der Waals surface area (Å²) in [6, 6.07) is 13.0. The molecule has 1 fully saturated rings. The van der Waals surface area contributed by atoms with Crippen molar-refractivity contribution in [2.24, 2.45) is 5.92 Å². The third-order valence-electron chi connectivity index (χ3n) is 5.57. The number of carbonyl (C=O) groups excluding carboxylic acids is 2. The quantitative estimate of drug-likeness (QED) is 0.544. The number of ether oxygens (including phenoxy) is 1. The Balaban J connectivity index is 1.52. The van der Waals surface area contributed by atoms with Crippen LogP contribution in [0.5, 0.6) is 5.75 Å². The lowest BCUT2D eigenvalue weighted by atomic mass is 10.0. The molecule has 160 valence electrons. The Bertz CT molecular complexity index is 1130. The third-order valence-corrected chi connectivity index (χ3v) is 5.57. The van der Waals surface area contributed by atoms with Gasteiger partial charge < -0.3 is 15.8 Å². The highest BCUT2D eigenvalue weighted by Gasteiger charge is 2.25. The first kappa shape index (κ1) is 20.7. The first-order valence-corrected chi connectivity index (χ1v) is 10.3. The fraction of sp³-hybridized carbons (Fsp3) is 0.292. The lowest BCUT2D eigenvalue weighted by Crippen LogP contribution is -2.23. The molecule has 1 aromatic heterocycles. The summed E-state index contributed by atoms with van der Waals surface area (Å²) in [7, 11) is 1.60. The molecule has 0 saturated heterocycles. The molecule has 0 radical (unpaired) electrons. The van der Waals surface area contributed by atoms with E-state index in [1.165, 1.54) is 10.9 Å². The maximum Gasteiger partial charge on any atom is 0.256 e. The van der Waals surface area contributed by atoms with E-state index in [9.17, 15) is 9.59 Å². The largest absolute Gasteiger partial charge is 0.497 e. The van der Waals surface area contributed by atoms with Crippen molar-refractivity contribution in [2.75, 3.05) is 12.8 Å². The molecule has 7 heteroatoms. The van der Waals surface area contributed by atoms with E-state index >= 15 is 0 Å². The molecule has 0 unspecified atom stereocenters. The summed E-state index contributed by atoms with van der Waals surface area (Å²) in [5, 5.41) is 7.19. The second-order valence-electron chi connectivity index (χ2n) is 7.96. The summed E-state index contributed by atoms with van der Waals surface area (Å²) in [6.07, 6.45) is 4.29. The summed E-state index contributed by atoms with van der Waals surface area (Å²) < 4.78 is 6.73. The number of nitrogens with two attached hydrogens (primary N) is 1. The van der Waals surface area contributed by atoms with Gasteiger partial charge in [-0.1, -0.05) is 24.3 Å². The minimum absolute atomic E-state index is 0.130. The van der Waals surface area contributed by atoms with E-state index < -0.39 is 0 Å². The van der Waals surface area contributed by atoms with Gasteiger partial charge in [0.25, 0.3) is 5.91 Å². The summed E-state index contributed by atoms with van der Waals surface area (Å²) in [5.74, 6) is 1.30. The predicted octanol–water partition coefficient (Wildman–Crippen LogP) is 3.68. The van der Waals surface area contributed by atoms with Crippen LogP contribution in [0.15, 0.2) is 48.7 Å². The minimum atomic E-state index is -0.315. The molecule has 1 heterocycles. The smallest absolute Gasteiger partial charge is 0.256 e. The van der Waals surface area contributed by atoms with Crippen LogP contribution < -0.4 is 15.8 Å². The molecule has 31 heavy (non-hydrogen) atoms. The Labute approximate surface area is 181 Å². The number of nitrogens with one attached hydrogen (secondary N) is 1. The van der Waals surface area contributed by atoms with Gasteiger partial charge in [0, 0.05) is 18.5 Å². The second kappa shape index (κ2) is 8.63. The van der Waals surface area contributed by atoms with Crippen LogP contribution in [0.1, 0.15) is 51.1 Å². The number of methoxy groups -OCH3 is 1. The van der Waals surface area contributed by atoms with Crippen molar-refractivity contribution < 1.29 is 14.3 Å². The Morgan fingerprint density at radius 2 is 2.03 bits per heavy atom. The molecule has 1 aliphatic rings. The van der Waals surface area contributed by atoms with Crippen LogP contribution in [0, 0.1) is 12.8 Å². The van der Waals surface area contributed by atoms with Crippen molar-refractivity contribution in [1.82, 2.24) is 15.1 Å². The van der Waals surface area contributed by atoms with E-state index in [2.05, 4.69) is 10.4 Å². The van der Waals surface area contributed by atoms with Crippen molar-refractivity contribution in [2.45, 2.75) is 32.7 Å². The zero-order valence-electron chi connectivity index (χ0n) is 17.7. The number of amides is 1. The van der Waals surface area contributed by atoms with Crippen LogP contribution in [-0.2, 0) is 6.54 Å². The predicted molar refractivity (Wildman–Crippen MR) is 119 cm³/mol. The molecule has 0 bridgehead atoms. The highest BCUT2D eigenvalue weighted by molar-refractivity contribution is 5.99. The maximum atomic E-state index is 12.7. The van der Waals surface area contributed by atoms with Gasteiger partial charge in [-0.25, -0.2) is 4.68 Å². The third kappa shape index (κ3) is 4.60. The molecular weight excluding hydrogens is 392 g/mol. The molecule has 3 aromatic rings. The van der Waals surface area contributed by atoms with Crippen molar-refractivity contribution in [3.8, 4) is 11.4 Å².